The molecule has 3 heterocycles. The van der Waals surface area contributed by atoms with E-state index in [0.29, 0.717) is 23.4 Å². The molecular formula is C26H23FN4O3S. The standard InChI is InChI=1S/C26H23FN4O3S/c1-16-22(25-29-24(30-34-25)18-5-3-6-19(27)15-18)23(17-8-10-20(33-2)11-9-17)28-26(32)31(16)13-12-21-7-4-14-35-21/h3-11,14-15,23H,12-13H2,1-2H3,(H,28,32). The lowest BCUT2D eigenvalue weighted by molar-refractivity contribution is 0.205. The van der Waals surface area contributed by atoms with Gasteiger partial charge in [0, 0.05) is 22.7 Å². The van der Waals surface area contributed by atoms with E-state index in [1.54, 1.807) is 35.5 Å². The number of thiophene rings is 1. The molecule has 7 nitrogen and oxygen atoms in total. The zero-order chi connectivity index (χ0) is 24.4. The first-order valence-corrected chi connectivity index (χ1v) is 12.0. The summed E-state index contributed by atoms with van der Waals surface area (Å²) in [5, 5.41) is 9.20. The number of carbonyl (C=O) groups is 1. The van der Waals surface area contributed by atoms with Gasteiger partial charge in [0.15, 0.2) is 0 Å². The Hall–Kier alpha value is -3.98. The van der Waals surface area contributed by atoms with Crippen molar-refractivity contribution in [2.45, 2.75) is 19.4 Å². The second kappa shape index (κ2) is 9.71. The number of halogens is 1. The van der Waals surface area contributed by atoms with E-state index >= 15 is 0 Å². The van der Waals surface area contributed by atoms with Crippen LogP contribution in [0.1, 0.15) is 29.3 Å². The van der Waals surface area contributed by atoms with Gasteiger partial charge in [-0.15, -0.1) is 11.3 Å². The number of nitrogens with one attached hydrogen (secondary N) is 1. The van der Waals surface area contributed by atoms with Gasteiger partial charge in [-0.1, -0.05) is 35.5 Å². The van der Waals surface area contributed by atoms with Gasteiger partial charge >= 0.3 is 6.03 Å². The Labute approximate surface area is 205 Å². The highest BCUT2D eigenvalue weighted by atomic mass is 32.1. The Balaban J connectivity index is 1.55. The number of urea groups is 1. The fraction of sp³-hybridized carbons (Fsp3) is 0.192. The summed E-state index contributed by atoms with van der Waals surface area (Å²) in [5.41, 5.74) is 2.77. The fourth-order valence-electron chi connectivity index (χ4n) is 4.13. The Kier molecular flexibility index (Phi) is 6.33. The van der Waals surface area contributed by atoms with E-state index in [0.717, 1.165) is 17.7 Å². The average Bonchev–Trinajstić information content (AvgIpc) is 3.56. The normalized spacial score (nSPS) is 15.9. The summed E-state index contributed by atoms with van der Waals surface area (Å²) >= 11 is 1.66. The van der Waals surface area contributed by atoms with Crippen LogP contribution < -0.4 is 10.1 Å². The van der Waals surface area contributed by atoms with Crippen LogP contribution in [0, 0.1) is 5.82 Å². The molecule has 35 heavy (non-hydrogen) atoms. The van der Waals surface area contributed by atoms with Gasteiger partial charge in [0.25, 0.3) is 5.89 Å². The SMILES string of the molecule is COc1ccc(C2NC(=O)N(CCc3cccs3)C(C)=C2c2nc(-c3cccc(F)c3)no2)cc1. The van der Waals surface area contributed by atoms with Crippen LogP contribution >= 0.6 is 11.3 Å². The molecule has 0 spiro atoms. The van der Waals surface area contributed by atoms with Crippen LogP contribution in [0.25, 0.3) is 17.0 Å². The van der Waals surface area contributed by atoms with Gasteiger partial charge in [-0.2, -0.15) is 4.98 Å². The minimum absolute atomic E-state index is 0.200. The van der Waals surface area contributed by atoms with Crippen LogP contribution in [-0.2, 0) is 6.42 Å². The van der Waals surface area contributed by atoms with Crippen molar-refractivity contribution in [2.24, 2.45) is 0 Å². The molecule has 2 aromatic heterocycles. The van der Waals surface area contributed by atoms with Crippen molar-refractivity contribution < 1.29 is 18.4 Å². The highest BCUT2D eigenvalue weighted by Gasteiger charge is 2.35. The highest BCUT2D eigenvalue weighted by molar-refractivity contribution is 7.09. The van der Waals surface area contributed by atoms with E-state index in [1.165, 1.54) is 17.0 Å². The van der Waals surface area contributed by atoms with Gasteiger partial charge < -0.3 is 14.6 Å². The van der Waals surface area contributed by atoms with Crippen molar-refractivity contribution in [3.63, 3.8) is 0 Å². The van der Waals surface area contributed by atoms with Gasteiger partial charge in [-0.05, 0) is 54.6 Å². The molecule has 1 atom stereocenters. The maximum atomic E-state index is 13.8. The molecule has 9 heteroatoms. The molecule has 2 amide bonds. The number of hydrogen-bond donors (Lipinski definition) is 1. The topological polar surface area (TPSA) is 80.5 Å². The molecule has 1 unspecified atom stereocenters. The molecule has 0 bridgehead atoms. The highest BCUT2D eigenvalue weighted by Crippen LogP contribution is 2.38. The third-order valence-corrected chi connectivity index (χ3v) is 6.88. The van der Waals surface area contributed by atoms with E-state index in [2.05, 4.69) is 21.5 Å². The van der Waals surface area contributed by atoms with Crippen LogP contribution in [0.3, 0.4) is 0 Å². The van der Waals surface area contributed by atoms with Crippen molar-refractivity contribution >= 4 is 22.9 Å². The van der Waals surface area contributed by atoms with E-state index in [1.807, 2.05) is 42.6 Å². The summed E-state index contributed by atoms with van der Waals surface area (Å²) in [4.78, 5) is 20.6. The monoisotopic (exact) mass is 490 g/mol. The van der Waals surface area contributed by atoms with E-state index < -0.39 is 6.04 Å². The maximum Gasteiger partial charge on any atom is 0.322 e. The Morgan fingerprint density at radius 1 is 1.17 bits per heavy atom. The fourth-order valence-corrected chi connectivity index (χ4v) is 4.83. The predicted molar refractivity (Wildman–Crippen MR) is 131 cm³/mol. The molecule has 0 saturated heterocycles. The van der Waals surface area contributed by atoms with E-state index in [4.69, 9.17) is 9.26 Å². The predicted octanol–water partition coefficient (Wildman–Crippen LogP) is 5.69. The first-order valence-electron chi connectivity index (χ1n) is 11.1. The first kappa shape index (κ1) is 22.8. The Morgan fingerprint density at radius 2 is 2.00 bits per heavy atom. The number of nitrogens with zero attached hydrogens (tertiary/aromatic N) is 3. The van der Waals surface area contributed by atoms with Crippen LogP contribution in [-0.4, -0.2) is 34.7 Å². The van der Waals surface area contributed by atoms with Gasteiger partial charge in [-0.25, -0.2) is 9.18 Å². The lowest BCUT2D eigenvalue weighted by atomic mass is 9.94. The lowest BCUT2D eigenvalue weighted by Crippen LogP contribution is -2.46. The molecule has 0 fully saturated rings. The lowest BCUT2D eigenvalue weighted by Gasteiger charge is -2.35. The van der Waals surface area contributed by atoms with Gasteiger partial charge in [0.2, 0.25) is 5.82 Å². The second-order valence-electron chi connectivity index (χ2n) is 8.07. The van der Waals surface area contributed by atoms with Crippen molar-refractivity contribution in [3.05, 3.63) is 93.9 Å². The summed E-state index contributed by atoms with van der Waals surface area (Å²) in [6.07, 6.45) is 0.723. The molecule has 1 aliphatic heterocycles. The molecule has 1 N–H and O–H groups in total. The van der Waals surface area contributed by atoms with Crippen molar-refractivity contribution in [2.75, 3.05) is 13.7 Å². The van der Waals surface area contributed by atoms with Crippen molar-refractivity contribution in [3.8, 4) is 17.1 Å². The molecular weight excluding hydrogens is 467 g/mol. The molecule has 0 saturated carbocycles. The van der Waals surface area contributed by atoms with Gasteiger partial charge in [0.05, 0.1) is 18.7 Å². The van der Waals surface area contributed by atoms with Crippen molar-refractivity contribution in [1.29, 1.82) is 0 Å². The zero-order valence-corrected chi connectivity index (χ0v) is 20.0. The zero-order valence-electron chi connectivity index (χ0n) is 19.2. The third kappa shape index (κ3) is 4.67. The van der Waals surface area contributed by atoms with Crippen LogP contribution in [0.5, 0.6) is 5.75 Å². The Morgan fingerprint density at radius 3 is 2.71 bits per heavy atom. The average molecular weight is 491 g/mol. The molecule has 0 radical (unpaired) electrons. The number of carbonyl (C=O) groups excluding carboxylic acids is 1. The second-order valence-corrected chi connectivity index (χ2v) is 9.10. The first-order chi connectivity index (χ1) is 17.0. The summed E-state index contributed by atoms with van der Waals surface area (Å²) in [5.74, 6) is 0.867. The Bertz CT molecular complexity index is 1370. The smallest absolute Gasteiger partial charge is 0.322 e. The largest absolute Gasteiger partial charge is 0.497 e. The molecule has 0 aliphatic carbocycles. The number of aromatic nitrogens is 2. The number of benzene rings is 2. The number of ether oxygens (including phenoxy) is 1. The number of rotatable bonds is 7. The maximum absolute atomic E-state index is 13.8. The number of amides is 2. The van der Waals surface area contributed by atoms with Crippen molar-refractivity contribution in [1.82, 2.24) is 20.4 Å². The molecule has 5 rings (SSSR count). The van der Waals surface area contributed by atoms with Gasteiger partial charge in [-0.3, -0.25) is 4.90 Å². The van der Waals surface area contributed by atoms with Crippen LogP contribution in [0.15, 0.2) is 76.3 Å². The summed E-state index contributed by atoms with van der Waals surface area (Å²) in [6.45, 7) is 2.38. The molecule has 178 valence electrons. The summed E-state index contributed by atoms with van der Waals surface area (Å²) in [6, 6.07) is 16.8. The number of allylic oxidation sites excluding steroid dienone is 1. The summed E-state index contributed by atoms with van der Waals surface area (Å²) < 4.78 is 24.7. The van der Waals surface area contributed by atoms with E-state index in [9.17, 15) is 9.18 Å². The number of methoxy groups -OCH3 is 1. The minimum Gasteiger partial charge on any atom is -0.497 e. The molecule has 4 aromatic rings. The summed E-state index contributed by atoms with van der Waals surface area (Å²) in [7, 11) is 1.60. The molecule has 2 aromatic carbocycles. The van der Waals surface area contributed by atoms with Gasteiger partial charge in [0.1, 0.15) is 11.6 Å². The number of hydrogen-bond acceptors (Lipinski definition) is 6. The van der Waals surface area contributed by atoms with Crippen LogP contribution in [0.4, 0.5) is 9.18 Å². The van der Waals surface area contributed by atoms with Crippen LogP contribution in [0.2, 0.25) is 0 Å². The quantitative estimate of drug-likeness (QED) is 0.360. The molecule has 1 aliphatic rings. The minimum atomic E-state index is -0.507. The van der Waals surface area contributed by atoms with E-state index in [-0.39, 0.29) is 23.6 Å². The third-order valence-electron chi connectivity index (χ3n) is 5.95.